The number of carboxylic acid groups (broad SMARTS) is 1. The summed E-state index contributed by atoms with van der Waals surface area (Å²) in [6, 6.07) is 5.63. The molecular formula is C14H10F3NO3. The third-order valence-electron chi connectivity index (χ3n) is 2.85. The number of rotatable bonds is 3. The summed E-state index contributed by atoms with van der Waals surface area (Å²) in [4.78, 5) is 22.1. The van der Waals surface area contributed by atoms with Crippen LogP contribution in [-0.4, -0.2) is 15.6 Å². The lowest BCUT2D eigenvalue weighted by Crippen LogP contribution is -2.16. The molecule has 0 aliphatic carbocycles. The van der Waals surface area contributed by atoms with E-state index in [2.05, 4.69) is 0 Å². The first kappa shape index (κ1) is 14.8. The number of pyridine rings is 1. The van der Waals surface area contributed by atoms with Gasteiger partial charge in [0.2, 0.25) is 0 Å². The molecule has 0 bridgehead atoms. The third kappa shape index (κ3) is 3.50. The summed E-state index contributed by atoms with van der Waals surface area (Å²) in [6.45, 7) is 0.165. The fourth-order valence-electron chi connectivity index (χ4n) is 1.79. The maximum absolute atomic E-state index is 12.4. The lowest BCUT2D eigenvalue weighted by Gasteiger charge is -2.10. The Morgan fingerprint density at radius 2 is 1.76 bits per heavy atom. The van der Waals surface area contributed by atoms with Crippen molar-refractivity contribution < 1.29 is 23.1 Å². The molecule has 2 rings (SSSR count). The molecule has 0 amide bonds. The molecule has 1 aromatic heterocycles. The zero-order chi connectivity index (χ0) is 15.6. The Morgan fingerprint density at radius 3 is 2.29 bits per heavy atom. The van der Waals surface area contributed by atoms with Gasteiger partial charge in [-0.25, -0.2) is 4.79 Å². The third-order valence-corrected chi connectivity index (χ3v) is 2.85. The predicted octanol–water partition coefficient (Wildman–Crippen LogP) is 2.61. The minimum Gasteiger partial charge on any atom is -0.477 e. The van der Waals surface area contributed by atoms with Crippen LogP contribution in [0.5, 0.6) is 0 Å². The van der Waals surface area contributed by atoms with Gasteiger partial charge in [-0.1, -0.05) is 12.1 Å². The number of aromatic nitrogens is 1. The number of hydrogen-bond donors (Lipinski definition) is 1. The fraction of sp³-hybridized carbons (Fsp3) is 0.143. The van der Waals surface area contributed by atoms with Gasteiger partial charge in [-0.2, -0.15) is 13.2 Å². The first-order valence-corrected chi connectivity index (χ1v) is 5.87. The van der Waals surface area contributed by atoms with E-state index in [1.807, 2.05) is 0 Å². The van der Waals surface area contributed by atoms with Gasteiger partial charge in [0, 0.05) is 25.0 Å². The van der Waals surface area contributed by atoms with Crippen molar-refractivity contribution in [3.05, 3.63) is 69.6 Å². The molecule has 1 N–H and O–H groups in total. The normalized spacial score (nSPS) is 11.4. The van der Waals surface area contributed by atoms with Crippen LogP contribution in [0.15, 0.2) is 47.5 Å². The molecule has 0 saturated carbocycles. The van der Waals surface area contributed by atoms with Crippen molar-refractivity contribution in [2.75, 3.05) is 0 Å². The Bertz CT molecular complexity index is 717. The van der Waals surface area contributed by atoms with Gasteiger partial charge >= 0.3 is 12.1 Å². The van der Waals surface area contributed by atoms with Crippen molar-refractivity contribution in [3.8, 4) is 0 Å². The summed E-state index contributed by atoms with van der Waals surface area (Å²) in [6.07, 6.45) is -1.86. The van der Waals surface area contributed by atoms with E-state index in [0.29, 0.717) is 5.56 Å². The number of aromatic carboxylic acids is 1. The van der Waals surface area contributed by atoms with Gasteiger partial charge in [-0.15, -0.1) is 0 Å². The van der Waals surface area contributed by atoms with E-state index < -0.39 is 23.1 Å². The van der Waals surface area contributed by atoms with Crippen LogP contribution in [0.2, 0.25) is 0 Å². The number of nitrogens with zero attached hydrogens (tertiary/aromatic N) is 1. The summed E-state index contributed by atoms with van der Waals surface area (Å²) < 4.78 is 38.7. The maximum Gasteiger partial charge on any atom is 0.416 e. The highest BCUT2D eigenvalue weighted by Crippen LogP contribution is 2.29. The summed E-state index contributed by atoms with van der Waals surface area (Å²) in [5.41, 5.74) is -1.20. The quantitative estimate of drug-likeness (QED) is 0.947. The average Bonchev–Trinajstić information content (AvgIpc) is 2.40. The van der Waals surface area contributed by atoms with Gasteiger partial charge in [-0.3, -0.25) is 4.79 Å². The molecule has 0 saturated heterocycles. The van der Waals surface area contributed by atoms with Crippen molar-refractivity contribution in [3.63, 3.8) is 0 Å². The highest BCUT2D eigenvalue weighted by atomic mass is 19.4. The van der Waals surface area contributed by atoms with Crippen LogP contribution in [0.1, 0.15) is 21.5 Å². The van der Waals surface area contributed by atoms with E-state index >= 15 is 0 Å². The number of alkyl halides is 3. The Morgan fingerprint density at radius 1 is 1.14 bits per heavy atom. The molecule has 21 heavy (non-hydrogen) atoms. The number of carbonyl (C=O) groups is 1. The average molecular weight is 297 g/mol. The first-order chi connectivity index (χ1) is 9.77. The van der Waals surface area contributed by atoms with E-state index in [1.54, 1.807) is 0 Å². The molecule has 1 heterocycles. The van der Waals surface area contributed by atoms with Crippen molar-refractivity contribution in [1.82, 2.24) is 4.57 Å². The summed E-state index contributed by atoms with van der Waals surface area (Å²) in [5, 5.41) is 8.84. The second-order valence-corrected chi connectivity index (χ2v) is 4.39. The highest BCUT2D eigenvalue weighted by Gasteiger charge is 2.29. The molecular weight excluding hydrogens is 287 g/mol. The van der Waals surface area contributed by atoms with Crippen LogP contribution in [0, 0.1) is 0 Å². The van der Waals surface area contributed by atoms with Crippen LogP contribution in [-0.2, 0) is 12.7 Å². The van der Waals surface area contributed by atoms with Gasteiger partial charge in [0.1, 0.15) is 5.56 Å². The second kappa shape index (κ2) is 5.43. The van der Waals surface area contributed by atoms with Crippen molar-refractivity contribution in [2.45, 2.75) is 12.7 Å². The minimum absolute atomic E-state index is 0.165. The van der Waals surface area contributed by atoms with Crippen molar-refractivity contribution in [1.29, 1.82) is 0 Å². The molecule has 0 aliphatic heterocycles. The summed E-state index contributed by atoms with van der Waals surface area (Å²) >= 11 is 0. The first-order valence-electron chi connectivity index (χ1n) is 5.87. The van der Waals surface area contributed by atoms with Gasteiger partial charge in [0.15, 0.2) is 5.43 Å². The Labute approximate surface area is 117 Å². The van der Waals surface area contributed by atoms with Crippen LogP contribution >= 0.6 is 0 Å². The van der Waals surface area contributed by atoms with Crippen LogP contribution in [0.25, 0.3) is 0 Å². The predicted molar refractivity (Wildman–Crippen MR) is 68.2 cm³/mol. The van der Waals surface area contributed by atoms with Gasteiger partial charge < -0.3 is 9.67 Å². The molecule has 7 heteroatoms. The molecule has 0 unspecified atom stereocenters. The van der Waals surface area contributed by atoms with Gasteiger partial charge in [-0.05, 0) is 17.7 Å². The number of halogens is 3. The maximum atomic E-state index is 12.4. The fourth-order valence-corrected chi connectivity index (χ4v) is 1.79. The van der Waals surface area contributed by atoms with E-state index in [4.69, 9.17) is 5.11 Å². The molecule has 2 aromatic rings. The molecule has 1 aromatic carbocycles. The molecule has 0 radical (unpaired) electrons. The Hall–Kier alpha value is -2.57. The second-order valence-electron chi connectivity index (χ2n) is 4.39. The van der Waals surface area contributed by atoms with Gasteiger partial charge in [0.25, 0.3) is 0 Å². The number of carboxylic acids is 1. The highest BCUT2D eigenvalue weighted by molar-refractivity contribution is 5.86. The van der Waals surface area contributed by atoms with E-state index in [-0.39, 0.29) is 12.1 Å². The number of hydrogen-bond acceptors (Lipinski definition) is 2. The smallest absolute Gasteiger partial charge is 0.416 e. The Balaban J connectivity index is 2.25. The van der Waals surface area contributed by atoms with Crippen molar-refractivity contribution >= 4 is 5.97 Å². The Kier molecular flexibility index (Phi) is 3.84. The van der Waals surface area contributed by atoms with E-state index in [0.717, 1.165) is 24.4 Å². The number of benzene rings is 1. The van der Waals surface area contributed by atoms with Crippen LogP contribution in [0.4, 0.5) is 13.2 Å². The summed E-state index contributed by atoms with van der Waals surface area (Å²) in [7, 11) is 0. The molecule has 0 spiro atoms. The molecule has 110 valence electrons. The van der Waals surface area contributed by atoms with Crippen molar-refractivity contribution in [2.24, 2.45) is 0 Å². The molecule has 0 atom stereocenters. The standard InChI is InChI=1S/C14H10F3NO3/c15-14(16,17)10-3-1-9(2-4-10)7-18-6-5-12(19)11(8-18)13(20)21/h1-6,8H,7H2,(H,20,21). The summed E-state index contributed by atoms with van der Waals surface area (Å²) in [5.74, 6) is -1.35. The molecule has 0 aliphatic rings. The van der Waals surface area contributed by atoms with Crippen LogP contribution in [0.3, 0.4) is 0 Å². The zero-order valence-electron chi connectivity index (χ0n) is 10.6. The topological polar surface area (TPSA) is 59.3 Å². The van der Waals surface area contributed by atoms with E-state index in [9.17, 15) is 22.8 Å². The van der Waals surface area contributed by atoms with Gasteiger partial charge in [0.05, 0.1) is 5.56 Å². The minimum atomic E-state index is -4.40. The lowest BCUT2D eigenvalue weighted by atomic mass is 10.1. The monoisotopic (exact) mass is 297 g/mol. The SMILES string of the molecule is O=C(O)c1cn(Cc2ccc(C(F)(F)F)cc2)ccc1=O. The molecule has 0 fully saturated rings. The van der Waals surface area contributed by atoms with E-state index in [1.165, 1.54) is 22.9 Å². The lowest BCUT2D eigenvalue weighted by molar-refractivity contribution is -0.137. The van der Waals surface area contributed by atoms with Crippen LogP contribution < -0.4 is 5.43 Å². The molecule has 4 nitrogen and oxygen atoms in total. The zero-order valence-corrected chi connectivity index (χ0v) is 10.6. The largest absolute Gasteiger partial charge is 0.477 e.